The predicted molar refractivity (Wildman–Crippen MR) is 163 cm³/mol. The highest BCUT2D eigenvalue weighted by molar-refractivity contribution is 7.92. The molecule has 11 heteroatoms. The van der Waals surface area contributed by atoms with Crippen LogP contribution >= 0.6 is 23.2 Å². The molecule has 8 nitrogen and oxygen atoms in total. The number of methoxy groups -OCH3 is 1. The summed E-state index contributed by atoms with van der Waals surface area (Å²) in [7, 11) is -2.65. The smallest absolute Gasteiger partial charge is 0.264 e. The number of benzene rings is 3. The molecule has 0 bridgehead atoms. The summed E-state index contributed by atoms with van der Waals surface area (Å²) >= 11 is 12.3. The molecule has 220 valence electrons. The molecule has 0 aliphatic heterocycles. The van der Waals surface area contributed by atoms with Gasteiger partial charge in [0.2, 0.25) is 11.8 Å². The number of carbonyl (C=O) groups excluding carboxylic acids is 2. The van der Waals surface area contributed by atoms with Gasteiger partial charge in [-0.15, -0.1) is 0 Å². The monoisotopic (exact) mass is 619 g/mol. The van der Waals surface area contributed by atoms with Crippen molar-refractivity contribution in [1.29, 1.82) is 0 Å². The molecular weight excluding hydrogens is 585 g/mol. The van der Waals surface area contributed by atoms with Crippen LogP contribution in [0, 0.1) is 6.92 Å². The van der Waals surface area contributed by atoms with Gasteiger partial charge in [-0.2, -0.15) is 0 Å². The number of hydrogen-bond donors (Lipinski definition) is 1. The lowest BCUT2D eigenvalue weighted by Crippen LogP contribution is -2.51. The number of carbonyl (C=O) groups is 2. The van der Waals surface area contributed by atoms with Gasteiger partial charge in [-0.05, 0) is 74.4 Å². The number of ether oxygens (including phenoxy) is 1. The Morgan fingerprint density at radius 3 is 2.22 bits per heavy atom. The van der Waals surface area contributed by atoms with E-state index in [1.807, 2.05) is 13.8 Å². The molecule has 3 aromatic carbocycles. The summed E-state index contributed by atoms with van der Waals surface area (Å²) in [5.74, 6) is -0.378. The van der Waals surface area contributed by atoms with Gasteiger partial charge in [-0.1, -0.05) is 60.3 Å². The molecule has 0 saturated heterocycles. The van der Waals surface area contributed by atoms with Crippen molar-refractivity contribution in [2.75, 3.05) is 24.5 Å². The van der Waals surface area contributed by atoms with Gasteiger partial charge in [-0.25, -0.2) is 8.42 Å². The molecule has 0 unspecified atom stereocenters. The molecule has 0 aliphatic rings. The third-order valence-electron chi connectivity index (χ3n) is 6.58. The molecule has 41 heavy (non-hydrogen) atoms. The molecule has 1 N–H and O–H groups in total. The molecule has 3 aromatic rings. The highest BCUT2D eigenvalue weighted by Gasteiger charge is 2.32. The van der Waals surface area contributed by atoms with E-state index in [0.717, 1.165) is 22.7 Å². The zero-order chi connectivity index (χ0) is 30.2. The van der Waals surface area contributed by atoms with Crippen molar-refractivity contribution in [1.82, 2.24) is 10.2 Å². The zero-order valence-corrected chi connectivity index (χ0v) is 25.9. The number of aryl methyl sites for hydroxylation is 1. The lowest BCUT2D eigenvalue weighted by Gasteiger charge is -2.32. The van der Waals surface area contributed by atoms with Gasteiger partial charge in [0.25, 0.3) is 10.0 Å². The van der Waals surface area contributed by atoms with E-state index in [-0.39, 0.29) is 23.0 Å². The van der Waals surface area contributed by atoms with Crippen molar-refractivity contribution < 1.29 is 22.7 Å². The molecule has 2 amide bonds. The van der Waals surface area contributed by atoms with Gasteiger partial charge in [0, 0.05) is 13.1 Å². The fraction of sp³-hybridized carbons (Fsp3) is 0.333. The Labute approximate surface area is 252 Å². The molecule has 0 radical (unpaired) electrons. The predicted octanol–water partition coefficient (Wildman–Crippen LogP) is 5.84. The number of unbranched alkanes of at least 4 members (excludes halogenated alkanes) is 1. The molecular formula is C30H35Cl2N3O5S. The minimum Gasteiger partial charge on any atom is -0.497 e. The van der Waals surface area contributed by atoms with E-state index in [0.29, 0.717) is 27.9 Å². The lowest BCUT2D eigenvalue weighted by molar-refractivity contribution is -0.139. The van der Waals surface area contributed by atoms with Crippen molar-refractivity contribution in [2.45, 2.75) is 51.1 Å². The van der Waals surface area contributed by atoms with Crippen LogP contribution in [-0.2, 0) is 26.2 Å². The van der Waals surface area contributed by atoms with Crippen molar-refractivity contribution >= 4 is 50.7 Å². The number of anilines is 1. The number of halogens is 2. The van der Waals surface area contributed by atoms with Crippen LogP contribution in [0.1, 0.15) is 37.8 Å². The van der Waals surface area contributed by atoms with Crippen molar-refractivity contribution in [3.63, 3.8) is 0 Å². The van der Waals surface area contributed by atoms with Crippen LogP contribution in [0.3, 0.4) is 0 Å². The van der Waals surface area contributed by atoms with Crippen LogP contribution in [-0.4, -0.2) is 51.4 Å². The fourth-order valence-electron chi connectivity index (χ4n) is 4.07. The van der Waals surface area contributed by atoms with E-state index >= 15 is 0 Å². The molecule has 0 spiro atoms. The average Bonchev–Trinajstić information content (AvgIpc) is 2.96. The highest BCUT2D eigenvalue weighted by atomic mass is 35.5. The molecule has 0 heterocycles. The van der Waals surface area contributed by atoms with E-state index in [1.54, 1.807) is 61.5 Å². The Bertz CT molecular complexity index is 1450. The van der Waals surface area contributed by atoms with Gasteiger partial charge in [0.1, 0.15) is 18.3 Å². The lowest BCUT2D eigenvalue weighted by atomic mass is 10.1. The first-order valence-corrected chi connectivity index (χ1v) is 15.4. The summed E-state index contributed by atoms with van der Waals surface area (Å²) in [5, 5.41) is 3.52. The van der Waals surface area contributed by atoms with Crippen LogP contribution in [0.15, 0.2) is 71.6 Å². The first kappa shape index (κ1) is 32.2. The third kappa shape index (κ3) is 8.38. The van der Waals surface area contributed by atoms with E-state index < -0.39 is 28.5 Å². The molecule has 0 fully saturated rings. The Morgan fingerprint density at radius 2 is 1.63 bits per heavy atom. The summed E-state index contributed by atoms with van der Waals surface area (Å²) < 4.78 is 34.0. The van der Waals surface area contributed by atoms with E-state index in [1.165, 1.54) is 24.1 Å². The second kappa shape index (κ2) is 14.6. The van der Waals surface area contributed by atoms with Crippen molar-refractivity contribution in [3.8, 4) is 5.75 Å². The number of sulfonamides is 1. The Hall–Kier alpha value is -3.27. The maximum atomic E-state index is 14.0. The fourth-order valence-corrected chi connectivity index (χ4v) is 5.80. The quantitative estimate of drug-likeness (QED) is 0.243. The maximum Gasteiger partial charge on any atom is 0.264 e. The van der Waals surface area contributed by atoms with Gasteiger partial charge >= 0.3 is 0 Å². The maximum absolute atomic E-state index is 14.0. The summed E-state index contributed by atoms with van der Waals surface area (Å²) in [6, 6.07) is 16.8. The Morgan fingerprint density at radius 1 is 0.976 bits per heavy atom. The molecule has 0 saturated carbocycles. The van der Waals surface area contributed by atoms with Gasteiger partial charge in [-0.3, -0.25) is 13.9 Å². The third-order valence-corrected chi connectivity index (χ3v) is 9.11. The van der Waals surface area contributed by atoms with Gasteiger partial charge < -0.3 is 15.0 Å². The number of hydrogen-bond acceptors (Lipinski definition) is 5. The van der Waals surface area contributed by atoms with Crippen LogP contribution in [0.5, 0.6) is 5.75 Å². The largest absolute Gasteiger partial charge is 0.497 e. The first-order chi connectivity index (χ1) is 19.5. The second-order valence-electron chi connectivity index (χ2n) is 9.61. The van der Waals surface area contributed by atoms with Crippen LogP contribution in [0.4, 0.5) is 5.69 Å². The number of nitrogens with one attached hydrogen (secondary N) is 1. The van der Waals surface area contributed by atoms with Crippen LogP contribution in [0.25, 0.3) is 0 Å². The number of rotatable bonds is 13. The summed E-state index contributed by atoms with van der Waals surface area (Å²) in [5.41, 5.74) is 1.80. The minimum atomic E-state index is -4.16. The summed E-state index contributed by atoms with van der Waals surface area (Å²) in [4.78, 5) is 28.4. The van der Waals surface area contributed by atoms with Crippen LogP contribution < -0.4 is 14.4 Å². The first-order valence-electron chi connectivity index (χ1n) is 13.2. The molecule has 1 atom stereocenters. The topological polar surface area (TPSA) is 96.0 Å². The zero-order valence-electron chi connectivity index (χ0n) is 23.6. The SMILES string of the molecule is CCCCNC(=O)[C@H](C)N(Cc1ccc(Cl)c(Cl)c1)C(=O)CN(c1ccc(OC)cc1)S(=O)(=O)c1ccc(C)cc1. The molecule has 0 aromatic heterocycles. The normalized spacial score (nSPS) is 12.0. The minimum absolute atomic E-state index is 0.0130. The Balaban J connectivity index is 2.02. The highest BCUT2D eigenvalue weighted by Crippen LogP contribution is 2.28. The summed E-state index contributed by atoms with van der Waals surface area (Å²) in [6.45, 7) is 5.42. The summed E-state index contributed by atoms with van der Waals surface area (Å²) in [6.07, 6.45) is 1.69. The number of nitrogens with zero attached hydrogens (tertiary/aromatic N) is 2. The van der Waals surface area contributed by atoms with Gasteiger partial charge in [0.15, 0.2) is 0 Å². The average molecular weight is 621 g/mol. The second-order valence-corrected chi connectivity index (χ2v) is 12.3. The standard InChI is InChI=1S/C30H35Cl2N3O5S/c1-5-6-17-33-30(37)22(3)34(19-23-9-16-27(31)28(32)18-23)29(36)20-35(24-10-12-25(40-4)13-11-24)41(38,39)26-14-7-21(2)8-15-26/h7-16,18,22H,5-6,17,19-20H2,1-4H3,(H,33,37)/t22-/m0/s1. The Kier molecular flexibility index (Phi) is 11.5. The van der Waals surface area contributed by atoms with E-state index in [2.05, 4.69) is 5.32 Å². The van der Waals surface area contributed by atoms with Crippen molar-refractivity contribution in [3.05, 3.63) is 87.9 Å². The number of amides is 2. The molecule has 0 aliphatic carbocycles. The van der Waals surface area contributed by atoms with Gasteiger partial charge in [0.05, 0.1) is 27.7 Å². The van der Waals surface area contributed by atoms with Crippen molar-refractivity contribution in [2.24, 2.45) is 0 Å². The van der Waals surface area contributed by atoms with Crippen LogP contribution in [0.2, 0.25) is 10.0 Å². The molecule has 3 rings (SSSR count). The van der Waals surface area contributed by atoms with E-state index in [9.17, 15) is 18.0 Å². The van der Waals surface area contributed by atoms with E-state index in [4.69, 9.17) is 27.9 Å².